The fourth-order valence-corrected chi connectivity index (χ4v) is 2.58. The number of hydrogen-bond donors (Lipinski definition) is 1. The molecule has 6 nitrogen and oxygen atoms in total. The smallest absolute Gasteiger partial charge is 0.339 e. The van der Waals surface area contributed by atoms with Crippen LogP contribution in [0.2, 0.25) is 10.4 Å². The van der Waals surface area contributed by atoms with Crippen LogP contribution in [0.5, 0.6) is 5.75 Å². The Bertz CT molecular complexity index is 931. The average molecular weight is 350 g/mol. The summed E-state index contributed by atoms with van der Waals surface area (Å²) in [6.07, 6.45) is 0. The van der Waals surface area contributed by atoms with E-state index in [0.717, 1.165) is 0 Å². The molecule has 0 aliphatic rings. The zero-order valence-electron chi connectivity index (χ0n) is 11.7. The van der Waals surface area contributed by atoms with Gasteiger partial charge in [-0.2, -0.15) is 4.98 Å². The van der Waals surface area contributed by atoms with Crippen LogP contribution in [-0.2, 0) is 0 Å². The predicted molar refractivity (Wildman–Crippen MR) is 86.3 cm³/mol. The largest absolute Gasteiger partial charge is 0.496 e. The summed E-state index contributed by atoms with van der Waals surface area (Å²) < 4.78 is 5.04. The highest BCUT2D eigenvalue weighted by atomic mass is 35.5. The molecule has 0 fully saturated rings. The second-order valence-corrected chi connectivity index (χ2v) is 5.27. The van der Waals surface area contributed by atoms with Crippen LogP contribution < -0.4 is 4.74 Å². The lowest BCUT2D eigenvalue weighted by Crippen LogP contribution is -2.01. The molecular weight excluding hydrogens is 341 g/mol. The van der Waals surface area contributed by atoms with Crippen molar-refractivity contribution in [3.63, 3.8) is 0 Å². The maximum Gasteiger partial charge on any atom is 0.339 e. The van der Waals surface area contributed by atoms with E-state index in [2.05, 4.69) is 15.0 Å². The number of aromatic carboxylic acids is 1. The quantitative estimate of drug-likeness (QED) is 0.573. The molecule has 0 bridgehead atoms. The zero-order chi connectivity index (χ0) is 16.6. The SMILES string of the molecule is COc1ccc(-c2ccc3c(Cl)nc(Cl)nc3n2)cc1C(=O)O. The Kier molecular flexibility index (Phi) is 4.02. The minimum absolute atomic E-state index is 0.00638. The number of halogens is 2. The van der Waals surface area contributed by atoms with Crippen molar-refractivity contribution in [1.82, 2.24) is 15.0 Å². The molecule has 0 unspecified atom stereocenters. The van der Waals surface area contributed by atoms with E-state index in [0.29, 0.717) is 22.3 Å². The van der Waals surface area contributed by atoms with Crippen LogP contribution >= 0.6 is 23.2 Å². The van der Waals surface area contributed by atoms with Gasteiger partial charge in [-0.3, -0.25) is 0 Å². The highest BCUT2D eigenvalue weighted by Crippen LogP contribution is 2.28. The van der Waals surface area contributed by atoms with E-state index in [4.69, 9.17) is 27.9 Å². The first kappa shape index (κ1) is 15.5. The summed E-state index contributed by atoms with van der Waals surface area (Å²) in [5.74, 6) is -0.812. The van der Waals surface area contributed by atoms with Crippen molar-refractivity contribution in [1.29, 1.82) is 0 Å². The number of methoxy groups -OCH3 is 1. The molecule has 0 amide bonds. The van der Waals surface area contributed by atoms with Crippen LogP contribution in [0, 0.1) is 0 Å². The molecule has 116 valence electrons. The van der Waals surface area contributed by atoms with E-state index < -0.39 is 5.97 Å². The van der Waals surface area contributed by atoms with E-state index in [1.807, 2.05) is 0 Å². The summed E-state index contributed by atoms with van der Waals surface area (Å²) in [6, 6.07) is 8.19. The highest BCUT2D eigenvalue weighted by Gasteiger charge is 2.14. The molecule has 23 heavy (non-hydrogen) atoms. The first-order valence-corrected chi connectivity index (χ1v) is 7.16. The van der Waals surface area contributed by atoms with Gasteiger partial charge in [-0.05, 0) is 41.9 Å². The second-order valence-electron chi connectivity index (χ2n) is 4.57. The Hall–Kier alpha value is -2.44. The van der Waals surface area contributed by atoms with Crippen molar-refractivity contribution >= 4 is 40.2 Å². The van der Waals surface area contributed by atoms with Crippen molar-refractivity contribution in [2.45, 2.75) is 0 Å². The number of rotatable bonds is 3. The molecule has 0 spiro atoms. The van der Waals surface area contributed by atoms with Crippen LogP contribution in [0.1, 0.15) is 10.4 Å². The number of nitrogens with zero attached hydrogens (tertiary/aromatic N) is 3. The van der Waals surface area contributed by atoms with Crippen LogP contribution in [0.25, 0.3) is 22.3 Å². The summed E-state index contributed by atoms with van der Waals surface area (Å²) in [5, 5.41) is 10.0. The first-order valence-electron chi connectivity index (χ1n) is 6.41. The van der Waals surface area contributed by atoms with E-state index in [1.54, 1.807) is 24.3 Å². The Morgan fingerprint density at radius 2 is 1.91 bits per heavy atom. The predicted octanol–water partition coefficient (Wildman–Crippen LogP) is 3.71. The summed E-state index contributed by atoms with van der Waals surface area (Å²) >= 11 is 11.8. The fourth-order valence-electron chi connectivity index (χ4n) is 2.14. The van der Waals surface area contributed by atoms with Crippen LogP contribution in [-0.4, -0.2) is 33.1 Å². The van der Waals surface area contributed by atoms with Gasteiger partial charge in [0.15, 0.2) is 5.65 Å². The molecule has 3 rings (SSSR count). The first-order chi connectivity index (χ1) is 11.0. The number of aromatic nitrogens is 3. The number of benzene rings is 1. The lowest BCUT2D eigenvalue weighted by atomic mass is 10.1. The number of pyridine rings is 1. The molecule has 0 aliphatic carbocycles. The average Bonchev–Trinajstić information content (AvgIpc) is 2.53. The third kappa shape index (κ3) is 2.91. The molecule has 1 aromatic carbocycles. The van der Waals surface area contributed by atoms with Crippen molar-refractivity contribution in [2.24, 2.45) is 0 Å². The van der Waals surface area contributed by atoms with Gasteiger partial charge in [-0.1, -0.05) is 11.6 Å². The molecule has 3 aromatic rings. The van der Waals surface area contributed by atoms with Gasteiger partial charge in [0, 0.05) is 5.56 Å². The zero-order valence-corrected chi connectivity index (χ0v) is 13.3. The summed E-state index contributed by atoms with van der Waals surface area (Å²) in [4.78, 5) is 23.6. The standard InChI is InChI=1S/C15H9Cl2N3O3/c1-23-11-5-2-7(6-9(11)14(21)22)10-4-3-8-12(16)19-15(17)20-13(8)18-10/h2-6H,1H3,(H,21,22). The molecule has 0 radical (unpaired) electrons. The Morgan fingerprint density at radius 1 is 1.13 bits per heavy atom. The summed E-state index contributed by atoms with van der Waals surface area (Å²) in [7, 11) is 1.41. The fraction of sp³-hybridized carbons (Fsp3) is 0.0667. The van der Waals surface area contributed by atoms with Crippen molar-refractivity contribution in [3.8, 4) is 17.0 Å². The molecule has 0 atom stereocenters. The minimum atomic E-state index is -1.09. The number of carbonyl (C=O) groups is 1. The number of fused-ring (bicyclic) bond motifs is 1. The number of ether oxygens (including phenoxy) is 1. The van der Waals surface area contributed by atoms with E-state index in [-0.39, 0.29) is 21.7 Å². The Labute approximate surface area is 140 Å². The van der Waals surface area contributed by atoms with Gasteiger partial charge in [-0.15, -0.1) is 0 Å². The van der Waals surface area contributed by atoms with Crippen LogP contribution in [0.15, 0.2) is 30.3 Å². The number of carboxylic acids is 1. The van der Waals surface area contributed by atoms with Crippen LogP contribution in [0.3, 0.4) is 0 Å². The lowest BCUT2D eigenvalue weighted by molar-refractivity contribution is 0.0693. The molecule has 8 heteroatoms. The van der Waals surface area contributed by atoms with Crippen molar-refractivity contribution < 1.29 is 14.6 Å². The molecule has 1 N–H and O–H groups in total. The molecular formula is C15H9Cl2N3O3. The molecule has 0 saturated heterocycles. The monoisotopic (exact) mass is 349 g/mol. The van der Waals surface area contributed by atoms with Gasteiger partial charge in [-0.25, -0.2) is 14.8 Å². The second kappa shape index (κ2) is 5.98. The third-order valence-electron chi connectivity index (χ3n) is 3.21. The maximum atomic E-state index is 11.3. The molecule has 2 aromatic heterocycles. The minimum Gasteiger partial charge on any atom is -0.496 e. The van der Waals surface area contributed by atoms with Gasteiger partial charge in [0.25, 0.3) is 0 Å². The van der Waals surface area contributed by atoms with Crippen LogP contribution in [0.4, 0.5) is 0 Å². The summed E-state index contributed by atoms with van der Waals surface area (Å²) in [5.41, 5.74) is 1.52. The van der Waals surface area contributed by atoms with Gasteiger partial charge >= 0.3 is 5.97 Å². The van der Waals surface area contributed by atoms with Crippen molar-refractivity contribution in [2.75, 3.05) is 7.11 Å². The topological polar surface area (TPSA) is 85.2 Å². The van der Waals surface area contributed by atoms with Gasteiger partial charge in [0.2, 0.25) is 5.28 Å². The highest BCUT2D eigenvalue weighted by molar-refractivity contribution is 6.35. The Morgan fingerprint density at radius 3 is 2.61 bits per heavy atom. The molecule has 0 aliphatic heterocycles. The van der Waals surface area contributed by atoms with Gasteiger partial charge < -0.3 is 9.84 Å². The lowest BCUT2D eigenvalue weighted by Gasteiger charge is -2.08. The summed E-state index contributed by atoms with van der Waals surface area (Å²) in [6.45, 7) is 0. The van der Waals surface area contributed by atoms with E-state index in [1.165, 1.54) is 13.2 Å². The third-order valence-corrected chi connectivity index (χ3v) is 3.67. The molecule has 0 saturated carbocycles. The maximum absolute atomic E-state index is 11.3. The van der Waals surface area contributed by atoms with E-state index in [9.17, 15) is 9.90 Å². The van der Waals surface area contributed by atoms with Gasteiger partial charge in [0.05, 0.1) is 18.2 Å². The number of carboxylic acid groups (broad SMARTS) is 1. The van der Waals surface area contributed by atoms with E-state index >= 15 is 0 Å². The normalized spacial score (nSPS) is 10.7. The van der Waals surface area contributed by atoms with Gasteiger partial charge in [0.1, 0.15) is 16.5 Å². The molecule has 2 heterocycles. The Balaban J connectivity index is 2.17. The number of hydrogen-bond acceptors (Lipinski definition) is 5. The van der Waals surface area contributed by atoms with Crippen molar-refractivity contribution in [3.05, 3.63) is 46.3 Å².